The number of hydrogen-bond donors (Lipinski definition) is 3. The van der Waals surface area contributed by atoms with Gasteiger partial charge in [-0.25, -0.2) is 13.8 Å². The molecule has 2 amide bonds. The molecule has 0 saturated carbocycles. The minimum atomic E-state index is -0.969. The van der Waals surface area contributed by atoms with E-state index in [1.165, 1.54) is 30.6 Å². The van der Waals surface area contributed by atoms with Crippen molar-refractivity contribution in [2.75, 3.05) is 10.6 Å². The van der Waals surface area contributed by atoms with Gasteiger partial charge in [0.1, 0.15) is 28.6 Å². The van der Waals surface area contributed by atoms with Gasteiger partial charge in [-0.3, -0.25) is 14.4 Å². The van der Waals surface area contributed by atoms with Crippen LogP contribution in [-0.2, 0) is 0 Å². The molecule has 9 heteroatoms. The second-order valence-electron chi connectivity index (χ2n) is 5.99. The summed E-state index contributed by atoms with van der Waals surface area (Å²) in [7, 11) is 0. The van der Waals surface area contributed by atoms with E-state index in [1.54, 1.807) is 6.92 Å². The number of aromatic amines is 1. The summed E-state index contributed by atoms with van der Waals surface area (Å²) in [5, 5.41) is 4.99. The fourth-order valence-corrected chi connectivity index (χ4v) is 2.59. The van der Waals surface area contributed by atoms with E-state index in [0.717, 1.165) is 18.2 Å². The Morgan fingerprint density at radius 3 is 2.03 bits per heavy atom. The van der Waals surface area contributed by atoms with Crippen molar-refractivity contribution in [1.29, 1.82) is 0 Å². The Labute approximate surface area is 164 Å². The van der Waals surface area contributed by atoms with E-state index in [1.807, 2.05) is 0 Å². The lowest BCUT2D eigenvalue weighted by atomic mass is 10.1. The van der Waals surface area contributed by atoms with Crippen molar-refractivity contribution in [3.05, 3.63) is 77.4 Å². The molecule has 29 heavy (non-hydrogen) atoms. The number of rotatable bonds is 6. The zero-order valence-corrected chi connectivity index (χ0v) is 15.3. The van der Waals surface area contributed by atoms with Crippen LogP contribution in [0.3, 0.4) is 0 Å². The molecule has 0 saturated heterocycles. The maximum Gasteiger partial charge on any atom is 0.274 e. The molecule has 2 aromatic carbocycles. The summed E-state index contributed by atoms with van der Waals surface area (Å²) in [6, 6.07) is 9.03. The molecule has 0 spiro atoms. The van der Waals surface area contributed by atoms with Crippen LogP contribution in [0.4, 0.5) is 20.2 Å². The molecule has 0 aliphatic rings. The topological polar surface area (TPSA) is 104 Å². The first-order chi connectivity index (χ1) is 13.9. The molecule has 0 unspecified atom stereocenters. The molecule has 0 aliphatic heterocycles. The zero-order chi connectivity index (χ0) is 21.0. The standard InChI is InChI=1S/C20H16F2N4O3/c1-2-15(27)17-18(24-10-23-17)20(29)26-12-8-6-11(7-9-12)25-19(28)16-13(21)4-3-5-14(16)22/h3-10H,2H2,1H3,(H,23,24)(H,25,28)(H,26,29). The van der Waals surface area contributed by atoms with Crippen molar-refractivity contribution in [1.82, 2.24) is 9.97 Å². The molecule has 148 valence electrons. The molecule has 0 atom stereocenters. The number of imidazole rings is 1. The molecule has 0 fully saturated rings. The van der Waals surface area contributed by atoms with Crippen molar-refractivity contribution < 1.29 is 23.2 Å². The molecule has 3 rings (SSSR count). The van der Waals surface area contributed by atoms with E-state index < -0.39 is 29.0 Å². The van der Waals surface area contributed by atoms with Crippen molar-refractivity contribution in [2.45, 2.75) is 13.3 Å². The first-order valence-corrected chi connectivity index (χ1v) is 8.64. The largest absolute Gasteiger partial charge is 0.340 e. The van der Waals surface area contributed by atoms with Crippen LogP contribution < -0.4 is 10.6 Å². The summed E-state index contributed by atoms with van der Waals surface area (Å²) in [5.41, 5.74) is 0.0795. The Bertz CT molecular complexity index is 1060. The maximum absolute atomic E-state index is 13.7. The lowest BCUT2D eigenvalue weighted by Crippen LogP contribution is -2.17. The van der Waals surface area contributed by atoms with Crippen LogP contribution in [0.25, 0.3) is 0 Å². The minimum absolute atomic E-state index is 0.0456. The molecule has 7 nitrogen and oxygen atoms in total. The van der Waals surface area contributed by atoms with Gasteiger partial charge in [0.25, 0.3) is 11.8 Å². The van der Waals surface area contributed by atoms with E-state index in [0.29, 0.717) is 5.69 Å². The number of benzene rings is 2. The van der Waals surface area contributed by atoms with Gasteiger partial charge in [-0.1, -0.05) is 13.0 Å². The number of aromatic nitrogens is 2. The number of hydrogen-bond acceptors (Lipinski definition) is 4. The highest BCUT2D eigenvalue weighted by atomic mass is 19.1. The maximum atomic E-state index is 13.7. The first-order valence-electron chi connectivity index (χ1n) is 8.64. The number of carbonyl (C=O) groups is 3. The Morgan fingerprint density at radius 1 is 0.931 bits per heavy atom. The third-order valence-corrected chi connectivity index (χ3v) is 4.04. The molecule has 0 bridgehead atoms. The third kappa shape index (κ3) is 4.34. The molecule has 0 radical (unpaired) electrons. The lowest BCUT2D eigenvalue weighted by Gasteiger charge is -2.09. The predicted octanol–water partition coefficient (Wildman–Crippen LogP) is 3.79. The minimum Gasteiger partial charge on any atom is -0.340 e. The number of halogens is 2. The summed E-state index contributed by atoms with van der Waals surface area (Å²) in [4.78, 5) is 42.8. The smallest absolute Gasteiger partial charge is 0.274 e. The number of nitrogens with zero attached hydrogens (tertiary/aromatic N) is 1. The van der Waals surface area contributed by atoms with E-state index in [2.05, 4.69) is 20.6 Å². The van der Waals surface area contributed by atoms with Crippen LogP contribution in [0.15, 0.2) is 48.8 Å². The SMILES string of the molecule is CCC(=O)c1nc[nH]c1C(=O)Nc1ccc(NC(=O)c2c(F)cccc2F)cc1. The molecular weight excluding hydrogens is 382 g/mol. The number of nitrogens with one attached hydrogen (secondary N) is 3. The van der Waals surface area contributed by atoms with Gasteiger partial charge in [0.05, 0.1) is 6.33 Å². The van der Waals surface area contributed by atoms with Gasteiger partial charge in [0.2, 0.25) is 0 Å². The van der Waals surface area contributed by atoms with E-state index in [9.17, 15) is 23.2 Å². The van der Waals surface area contributed by atoms with Gasteiger partial charge in [-0.15, -0.1) is 0 Å². The van der Waals surface area contributed by atoms with Crippen molar-refractivity contribution in [2.24, 2.45) is 0 Å². The average Bonchev–Trinajstić information content (AvgIpc) is 3.19. The van der Waals surface area contributed by atoms with Gasteiger partial charge < -0.3 is 15.6 Å². The van der Waals surface area contributed by atoms with Crippen LogP contribution in [0.2, 0.25) is 0 Å². The summed E-state index contributed by atoms with van der Waals surface area (Å²) >= 11 is 0. The van der Waals surface area contributed by atoms with E-state index in [-0.39, 0.29) is 29.3 Å². The van der Waals surface area contributed by atoms with Crippen LogP contribution in [0.1, 0.15) is 44.7 Å². The van der Waals surface area contributed by atoms with Crippen LogP contribution in [0, 0.1) is 11.6 Å². The molecule has 0 aliphatic carbocycles. The normalized spacial score (nSPS) is 10.4. The van der Waals surface area contributed by atoms with Crippen LogP contribution >= 0.6 is 0 Å². The van der Waals surface area contributed by atoms with E-state index in [4.69, 9.17) is 0 Å². The van der Waals surface area contributed by atoms with Gasteiger partial charge in [-0.2, -0.15) is 0 Å². The fourth-order valence-electron chi connectivity index (χ4n) is 2.59. The first kappa shape index (κ1) is 19.9. The monoisotopic (exact) mass is 398 g/mol. The highest BCUT2D eigenvalue weighted by Gasteiger charge is 2.20. The molecule has 1 aromatic heterocycles. The number of amides is 2. The Kier molecular flexibility index (Phi) is 5.77. The number of ketones is 1. The number of carbonyl (C=O) groups excluding carboxylic acids is 3. The summed E-state index contributed by atoms with van der Waals surface area (Å²) < 4.78 is 27.4. The molecule has 3 aromatic rings. The highest BCUT2D eigenvalue weighted by Crippen LogP contribution is 2.18. The highest BCUT2D eigenvalue weighted by molar-refractivity contribution is 6.10. The fraction of sp³-hybridized carbons (Fsp3) is 0.100. The third-order valence-electron chi connectivity index (χ3n) is 4.04. The Hall–Kier alpha value is -3.88. The number of anilines is 2. The Balaban J connectivity index is 1.69. The summed E-state index contributed by atoms with van der Waals surface area (Å²) in [6.07, 6.45) is 1.47. The van der Waals surface area contributed by atoms with Gasteiger partial charge in [-0.05, 0) is 36.4 Å². The van der Waals surface area contributed by atoms with Crippen molar-refractivity contribution >= 4 is 29.0 Å². The molecule has 3 N–H and O–H groups in total. The second kappa shape index (κ2) is 8.42. The predicted molar refractivity (Wildman–Crippen MR) is 102 cm³/mol. The summed E-state index contributed by atoms with van der Waals surface area (Å²) in [5.74, 6) is -3.69. The van der Waals surface area contributed by atoms with Gasteiger partial charge >= 0.3 is 0 Å². The van der Waals surface area contributed by atoms with Gasteiger partial charge in [0, 0.05) is 17.8 Å². The van der Waals surface area contributed by atoms with Crippen LogP contribution in [0.5, 0.6) is 0 Å². The van der Waals surface area contributed by atoms with Crippen molar-refractivity contribution in [3.63, 3.8) is 0 Å². The van der Waals surface area contributed by atoms with Gasteiger partial charge in [0.15, 0.2) is 5.78 Å². The molecular formula is C20H16F2N4O3. The number of Topliss-reactive ketones (excluding diaryl/α,β-unsaturated/α-hetero) is 1. The lowest BCUT2D eigenvalue weighted by molar-refractivity contribution is 0.0963. The summed E-state index contributed by atoms with van der Waals surface area (Å²) in [6.45, 7) is 1.67. The van der Waals surface area contributed by atoms with E-state index >= 15 is 0 Å². The average molecular weight is 398 g/mol. The quantitative estimate of drug-likeness (QED) is 0.550. The van der Waals surface area contributed by atoms with Crippen LogP contribution in [-0.4, -0.2) is 27.6 Å². The van der Waals surface area contributed by atoms with Crippen molar-refractivity contribution in [3.8, 4) is 0 Å². The zero-order valence-electron chi connectivity index (χ0n) is 15.3. The second-order valence-corrected chi connectivity index (χ2v) is 5.99. The number of H-pyrrole nitrogens is 1. The Morgan fingerprint density at radius 2 is 1.48 bits per heavy atom. The molecule has 1 heterocycles.